The number of hydrogen-bond acceptors (Lipinski definition) is 4. The highest BCUT2D eigenvalue weighted by Gasteiger charge is 2.12. The Hall–Kier alpha value is -2.27. The Bertz CT molecular complexity index is 950. The largest absolute Gasteiger partial charge is 0.496 e. The van der Waals surface area contributed by atoms with Crippen molar-refractivity contribution in [2.45, 2.75) is 37.7 Å². The van der Waals surface area contributed by atoms with Crippen molar-refractivity contribution in [3.63, 3.8) is 0 Å². The quantitative estimate of drug-likeness (QED) is 0.486. The number of methoxy groups -OCH3 is 1. The van der Waals surface area contributed by atoms with Gasteiger partial charge in [-0.3, -0.25) is 9.36 Å². The number of para-hydroxylation sites is 1. The average Bonchev–Trinajstić information content (AvgIpc) is 2.63. The van der Waals surface area contributed by atoms with E-state index >= 15 is 0 Å². The molecule has 0 N–H and O–H groups in total. The van der Waals surface area contributed by atoms with Gasteiger partial charge in [-0.05, 0) is 31.5 Å². The molecule has 0 saturated carbocycles. The van der Waals surface area contributed by atoms with Gasteiger partial charge in [0.25, 0.3) is 5.56 Å². The number of rotatable bonds is 6. The molecule has 0 fully saturated rings. The van der Waals surface area contributed by atoms with Gasteiger partial charge in [0.15, 0.2) is 5.16 Å². The van der Waals surface area contributed by atoms with Crippen molar-refractivity contribution in [3.05, 3.63) is 63.9 Å². The first-order valence-corrected chi connectivity index (χ1v) is 9.38. The molecule has 0 spiro atoms. The van der Waals surface area contributed by atoms with Gasteiger partial charge in [0.1, 0.15) is 5.75 Å². The van der Waals surface area contributed by atoms with Crippen molar-refractivity contribution in [1.29, 1.82) is 0 Å². The Labute approximate surface area is 151 Å². The molecule has 2 aromatic carbocycles. The maximum atomic E-state index is 12.8. The molecule has 0 saturated heterocycles. The number of thioether (sulfide) groups is 1. The van der Waals surface area contributed by atoms with E-state index in [9.17, 15) is 4.79 Å². The summed E-state index contributed by atoms with van der Waals surface area (Å²) in [6, 6.07) is 13.7. The van der Waals surface area contributed by atoms with Crippen LogP contribution < -0.4 is 10.3 Å². The summed E-state index contributed by atoms with van der Waals surface area (Å²) in [5.41, 5.74) is 3.08. The topological polar surface area (TPSA) is 44.1 Å². The fraction of sp³-hybridized carbons (Fsp3) is 0.300. The molecule has 3 aromatic rings. The second-order valence-corrected chi connectivity index (χ2v) is 6.91. The fourth-order valence-corrected chi connectivity index (χ4v) is 3.84. The van der Waals surface area contributed by atoms with Gasteiger partial charge in [-0.1, -0.05) is 48.5 Å². The number of hydrogen-bond donors (Lipinski definition) is 0. The predicted octanol–water partition coefficient (Wildman–Crippen LogP) is 4.42. The van der Waals surface area contributed by atoms with Crippen LogP contribution in [0.2, 0.25) is 0 Å². The third-order valence-corrected chi connectivity index (χ3v) is 5.09. The van der Waals surface area contributed by atoms with Crippen molar-refractivity contribution < 1.29 is 4.74 Å². The molecule has 1 aromatic heterocycles. The minimum Gasteiger partial charge on any atom is -0.496 e. The SMILES string of the molecule is CCCn1c(SCc2cc(C)ccc2OC)nc2ccccc2c1=O. The van der Waals surface area contributed by atoms with E-state index < -0.39 is 0 Å². The van der Waals surface area contributed by atoms with E-state index in [0.717, 1.165) is 28.4 Å². The average molecular weight is 354 g/mol. The second kappa shape index (κ2) is 7.74. The summed E-state index contributed by atoms with van der Waals surface area (Å²) in [5.74, 6) is 1.57. The van der Waals surface area contributed by atoms with Crippen LogP contribution in [0.1, 0.15) is 24.5 Å². The van der Waals surface area contributed by atoms with Crippen LogP contribution >= 0.6 is 11.8 Å². The van der Waals surface area contributed by atoms with Crippen LogP contribution in [0.3, 0.4) is 0 Å². The molecule has 0 bridgehead atoms. The van der Waals surface area contributed by atoms with Crippen molar-refractivity contribution in [2.75, 3.05) is 7.11 Å². The number of aromatic nitrogens is 2. The lowest BCUT2D eigenvalue weighted by atomic mass is 10.1. The van der Waals surface area contributed by atoms with Gasteiger partial charge in [0, 0.05) is 17.9 Å². The van der Waals surface area contributed by atoms with Gasteiger partial charge in [0.05, 0.1) is 18.0 Å². The van der Waals surface area contributed by atoms with Crippen LogP contribution in [0.15, 0.2) is 52.4 Å². The third-order valence-electron chi connectivity index (χ3n) is 4.07. The molecular formula is C20H22N2O2S. The summed E-state index contributed by atoms with van der Waals surface area (Å²) in [6.45, 7) is 4.80. The van der Waals surface area contributed by atoms with Gasteiger partial charge in [-0.2, -0.15) is 0 Å². The zero-order chi connectivity index (χ0) is 17.8. The van der Waals surface area contributed by atoms with Gasteiger partial charge in [0.2, 0.25) is 0 Å². The van der Waals surface area contributed by atoms with Crippen LogP contribution in [0.25, 0.3) is 10.9 Å². The Kier molecular flexibility index (Phi) is 5.43. The zero-order valence-corrected chi connectivity index (χ0v) is 15.6. The molecule has 5 heteroatoms. The Morgan fingerprint density at radius 2 is 2.00 bits per heavy atom. The van der Waals surface area contributed by atoms with Gasteiger partial charge < -0.3 is 4.74 Å². The molecule has 4 nitrogen and oxygen atoms in total. The number of nitrogens with zero attached hydrogens (tertiary/aromatic N) is 2. The predicted molar refractivity (Wildman–Crippen MR) is 104 cm³/mol. The maximum absolute atomic E-state index is 12.8. The van der Waals surface area contributed by atoms with E-state index in [0.29, 0.717) is 17.7 Å². The van der Waals surface area contributed by atoms with Gasteiger partial charge in [-0.15, -0.1) is 0 Å². The first kappa shape index (κ1) is 17.5. The van der Waals surface area contributed by atoms with Crippen LogP contribution in [-0.2, 0) is 12.3 Å². The minimum atomic E-state index is 0.0335. The molecule has 0 atom stereocenters. The molecule has 1 heterocycles. The lowest BCUT2D eigenvalue weighted by Crippen LogP contribution is -2.23. The maximum Gasteiger partial charge on any atom is 0.262 e. The summed E-state index contributed by atoms with van der Waals surface area (Å²) in [4.78, 5) is 17.5. The molecule has 0 radical (unpaired) electrons. The molecule has 3 rings (SSSR count). The summed E-state index contributed by atoms with van der Waals surface area (Å²) in [5, 5.41) is 1.43. The van der Waals surface area contributed by atoms with Gasteiger partial charge in [-0.25, -0.2) is 4.98 Å². The fourth-order valence-electron chi connectivity index (χ4n) is 2.84. The summed E-state index contributed by atoms with van der Waals surface area (Å²) >= 11 is 1.58. The number of benzene rings is 2. The molecule has 25 heavy (non-hydrogen) atoms. The summed E-state index contributed by atoms with van der Waals surface area (Å²) in [6.07, 6.45) is 0.890. The molecular weight excluding hydrogens is 332 g/mol. The molecule has 0 amide bonds. The monoisotopic (exact) mass is 354 g/mol. The number of fused-ring (bicyclic) bond motifs is 1. The summed E-state index contributed by atoms with van der Waals surface area (Å²) < 4.78 is 7.25. The van der Waals surface area contributed by atoms with Crippen molar-refractivity contribution >= 4 is 22.7 Å². The highest BCUT2D eigenvalue weighted by molar-refractivity contribution is 7.98. The van der Waals surface area contributed by atoms with E-state index in [1.165, 1.54) is 5.56 Å². The van der Waals surface area contributed by atoms with Gasteiger partial charge >= 0.3 is 0 Å². The highest BCUT2D eigenvalue weighted by atomic mass is 32.2. The molecule has 0 aliphatic carbocycles. The normalized spacial score (nSPS) is 11.0. The zero-order valence-electron chi connectivity index (χ0n) is 14.8. The van der Waals surface area contributed by atoms with Crippen LogP contribution in [0.4, 0.5) is 0 Å². The standard InChI is InChI=1S/C20H22N2O2S/c1-4-11-22-19(23)16-7-5-6-8-17(16)21-20(22)25-13-15-12-14(2)9-10-18(15)24-3/h5-10,12H,4,11,13H2,1-3H3. The van der Waals surface area contributed by atoms with E-state index in [-0.39, 0.29) is 5.56 Å². The van der Waals surface area contributed by atoms with E-state index in [1.54, 1.807) is 23.4 Å². The summed E-state index contributed by atoms with van der Waals surface area (Å²) in [7, 11) is 1.68. The minimum absolute atomic E-state index is 0.0335. The molecule has 0 aliphatic heterocycles. The number of ether oxygens (including phenoxy) is 1. The molecule has 130 valence electrons. The van der Waals surface area contributed by atoms with Crippen LogP contribution in [-0.4, -0.2) is 16.7 Å². The van der Waals surface area contributed by atoms with E-state index in [1.807, 2.05) is 36.4 Å². The molecule has 0 aliphatic rings. The lowest BCUT2D eigenvalue weighted by Gasteiger charge is -2.13. The Balaban J connectivity index is 1.99. The van der Waals surface area contributed by atoms with Crippen molar-refractivity contribution in [3.8, 4) is 5.75 Å². The van der Waals surface area contributed by atoms with Crippen molar-refractivity contribution in [2.24, 2.45) is 0 Å². The Morgan fingerprint density at radius 3 is 2.76 bits per heavy atom. The Morgan fingerprint density at radius 1 is 1.20 bits per heavy atom. The van der Waals surface area contributed by atoms with Crippen LogP contribution in [0, 0.1) is 6.92 Å². The smallest absolute Gasteiger partial charge is 0.262 e. The first-order valence-electron chi connectivity index (χ1n) is 8.40. The van der Waals surface area contributed by atoms with Crippen molar-refractivity contribution in [1.82, 2.24) is 9.55 Å². The molecule has 0 unspecified atom stereocenters. The lowest BCUT2D eigenvalue weighted by molar-refractivity contribution is 0.411. The number of aryl methyl sites for hydroxylation is 1. The van der Waals surface area contributed by atoms with Crippen LogP contribution in [0.5, 0.6) is 5.75 Å². The highest BCUT2D eigenvalue weighted by Crippen LogP contribution is 2.28. The first-order chi connectivity index (χ1) is 12.1. The third kappa shape index (κ3) is 3.71. The van der Waals surface area contributed by atoms with E-state index in [2.05, 4.69) is 19.9 Å². The van der Waals surface area contributed by atoms with E-state index in [4.69, 9.17) is 9.72 Å². The second-order valence-electron chi connectivity index (χ2n) is 5.97.